The molecule has 0 spiro atoms. The molecule has 0 atom stereocenters. The van der Waals surface area contributed by atoms with Gasteiger partial charge in [-0.25, -0.2) is 4.79 Å². The monoisotopic (exact) mass is 408 g/mol. The molecule has 5 heteroatoms. The lowest BCUT2D eigenvalue weighted by atomic mass is 10.0. The van der Waals surface area contributed by atoms with Gasteiger partial charge in [0, 0.05) is 42.2 Å². The lowest BCUT2D eigenvalue weighted by Crippen LogP contribution is -2.39. The molecule has 1 aromatic heterocycles. The van der Waals surface area contributed by atoms with E-state index in [1.165, 1.54) is 17.2 Å². The minimum atomic E-state index is -0.346. The van der Waals surface area contributed by atoms with Crippen molar-refractivity contribution in [1.82, 2.24) is 4.90 Å². The van der Waals surface area contributed by atoms with E-state index in [-0.39, 0.29) is 5.63 Å². The van der Waals surface area contributed by atoms with Crippen LogP contribution in [0.5, 0.6) is 0 Å². The maximum Gasteiger partial charge on any atom is 0.338 e. The Morgan fingerprint density at radius 2 is 1.93 bits per heavy atom. The third-order valence-electron chi connectivity index (χ3n) is 5.34. The van der Waals surface area contributed by atoms with Crippen molar-refractivity contribution in [3.63, 3.8) is 0 Å². The van der Waals surface area contributed by atoms with Gasteiger partial charge >= 0.3 is 5.63 Å². The summed E-state index contributed by atoms with van der Waals surface area (Å²) in [6, 6.07) is 17.6. The van der Waals surface area contributed by atoms with Crippen molar-refractivity contribution in [1.29, 1.82) is 0 Å². The van der Waals surface area contributed by atoms with Crippen molar-refractivity contribution in [2.45, 2.75) is 25.8 Å². The second kappa shape index (κ2) is 8.85. The summed E-state index contributed by atoms with van der Waals surface area (Å²) < 4.78 is 5.29. The molecule has 1 saturated heterocycles. The van der Waals surface area contributed by atoms with E-state index in [9.17, 15) is 4.79 Å². The van der Waals surface area contributed by atoms with Crippen LogP contribution in [0.2, 0.25) is 5.02 Å². The van der Waals surface area contributed by atoms with Crippen molar-refractivity contribution >= 4 is 34.3 Å². The number of nitrogens with zero attached hydrogens (tertiary/aromatic N) is 1. The molecule has 2 aromatic carbocycles. The van der Waals surface area contributed by atoms with E-state index in [4.69, 9.17) is 16.0 Å². The Hall–Kier alpha value is -2.56. The third kappa shape index (κ3) is 5.08. The first-order chi connectivity index (χ1) is 14.1. The second-order valence-electron chi connectivity index (χ2n) is 7.72. The number of hydrogen-bond acceptors (Lipinski definition) is 4. The largest absolute Gasteiger partial charge is 0.423 e. The molecule has 0 amide bonds. The molecule has 0 aliphatic carbocycles. The van der Waals surface area contributed by atoms with Crippen LogP contribution in [0, 0.1) is 0 Å². The second-order valence-corrected chi connectivity index (χ2v) is 8.15. The number of likely N-dealkylation sites (tertiary alicyclic amines) is 1. The zero-order valence-corrected chi connectivity index (χ0v) is 17.3. The van der Waals surface area contributed by atoms with E-state index >= 15 is 0 Å². The first-order valence-electron chi connectivity index (χ1n) is 10.0. The average molecular weight is 409 g/mol. The first-order valence-corrected chi connectivity index (χ1v) is 10.4. The number of rotatable bonds is 5. The molecule has 0 radical (unpaired) electrons. The van der Waals surface area contributed by atoms with E-state index in [1.807, 2.05) is 12.1 Å². The molecule has 4 rings (SSSR count). The van der Waals surface area contributed by atoms with Crippen LogP contribution in [-0.2, 0) is 0 Å². The van der Waals surface area contributed by atoms with Gasteiger partial charge in [0.1, 0.15) is 5.58 Å². The summed E-state index contributed by atoms with van der Waals surface area (Å²) in [6.45, 7) is 5.22. The van der Waals surface area contributed by atoms with Gasteiger partial charge in [-0.05, 0) is 43.5 Å². The lowest BCUT2D eigenvalue weighted by Gasteiger charge is -2.33. The predicted molar refractivity (Wildman–Crippen MR) is 121 cm³/mol. The number of anilines is 1. The molecule has 29 heavy (non-hydrogen) atoms. The highest BCUT2D eigenvalue weighted by Crippen LogP contribution is 2.27. The van der Waals surface area contributed by atoms with Crippen LogP contribution in [0.3, 0.4) is 0 Å². The van der Waals surface area contributed by atoms with Crippen LogP contribution in [0.15, 0.2) is 69.4 Å². The van der Waals surface area contributed by atoms with Crippen molar-refractivity contribution < 1.29 is 4.42 Å². The summed E-state index contributed by atoms with van der Waals surface area (Å²) in [5, 5.41) is 5.02. The quantitative estimate of drug-likeness (QED) is 0.572. The fourth-order valence-electron chi connectivity index (χ4n) is 3.94. The van der Waals surface area contributed by atoms with Crippen LogP contribution < -0.4 is 10.9 Å². The zero-order valence-electron chi connectivity index (χ0n) is 16.5. The Bertz CT molecular complexity index is 1070. The van der Waals surface area contributed by atoms with E-state index < -0.39 is 0 Å². The standard InChI is InChI=1S/C24H25ClN2O2/c1-17(13-18-5-3-2-4-6-18)16-27-11-9-20(10-12-27)26-22-15-24(28)29-23-8-7-19(25)14-21(22)23/h2-8,13-15,20,26H,9-12,16H2,1H3/b17-13+. The summed E-state index contributed by atoms with van der Waals surface area (Å²) in [7, 11) is 0. The molecule has 2 heterocycles. The van der Waals surface area contributed by atoms with Crippen molar-refractivity contribution in [3.05, 3.63) is 81.2 Å². The Balaban J connectivity index is 1.38. The SMILES string of the molecule is C/C(=C\c1ccccc1)CN1CCC(Nc2cc(=O)oc3ccc(Cl)cc23)CC1. The molecular formula is C24H25ClN2O2. The summed E-state index contributed by atoms with van der Waals surface area (Å²) in [5.74, 6) is 0. The number of hydrogen-bond donors (Lipinski definition) is 1. The van der Waals surface area contributed by atoms with E-state index in [0.717, 1.165) is 43.5 Å². The summed E-state index contributed by atoms with van der Waals surface area (Å²) in [6.07, 6.45) is 4.31. The van der Waals surface area contributed by atoms with Crippen LogP contribution in [-0.4, -0.2) is 30.6 Å². The Morgan fingerprint density at radius 3 is 2.69 bits per heavy atom. The van der Waals surface area contributed by atoms with Gasteiger partial charge in [0.15, 0.2) is 0 Å². The lowest BCUT2D eigenvalue weighted by molar-refractivity contribution is 0.236. The number of nitrogens with one attached hydrogen (secondary N) is 1. The fraction of sp³-hybridized carbons (Fsp3) is 0.292. The van der Waals surface area contributed by atoms with Gasteiger partial charge < -0.3 is 9.73 Å². The van der Waals surface area contributed by atoms with Crippen molar-refractivity contribution in [2.75, 3.05) is 25.0 Å². The summed E-state index contributed by atoms with van der Waals surface area (Å²) in [4.78, 5) is 14.4. The molecule has 1 aliphatic heterocycles. The summed E-state index contributed by atoms with van der Waals surface area (Å²) in [5.41, 5.74) is 3.63. The van der Waals surface area contributed by atoms with Gasteiger partial charge in [-0.2, -0.15) is 0 Å². The number of halogens is 1. The first kappa shape index (κ1) is 19.7. The van der Waals surface area contributed by atoms with E-state index in [2.05, 4.69) is 47.5 Å². The minimum absolute atomic E-state index is 0.327. The van der Waals surface area contributed by atoms with Gasteiger partial charge in [-0.1, -0.05) is 53.6 Å². The van der Waals surface area contributed by atoms with E-state index in [1.54, 1.807) is 12.1 Å². The van der Waals surface area contributed by atoms with Crippen molar-refractivity contribution in [3.8, 4) is 0 Å². The average Bonchev–Trinajstić information content (AvgIpc) is 2.70. The molecule has 150 valence electrons. The zero-order chi connectivity index (χ0) is 20.2. The van der Waals surface area contributed by atoms with Crippen molar-refractivity contribution in [2.24, 2.45) is 0 Å². The number of benzene rings is 2. The summed E-state index contributed by atoms with van der Waals surface area (Å²) >= 11 is 6.14. The van der Waals surface area contributed by atoms with Gasteiger partial charge in [-0.3, -0.25) is 4.90 Å². The fourth-order valence-corrected chi connectivity index (χ4v) is 4.11. The molecule has 1 aliphatic rings. The highest BCUT2D eigenvalue weighted by atomic mass is 35.5. The van der Waals surface area contributed by atoms with Gasteiger partial charge in [-0.15, -0.1) is 0 Å². The van der Waals surface area contributed by atoms with Gasteiger partial charge in [0.2, 0.25) is 0 Å². The van der Waals surface area contributed by atoms with Crippen LogP contribution in [0.1, 0.15) is 25.3 Å². The van der Waals surface area contributed by atoms with Crippen LogP contribution in [0.25, 0.3) is 17.0 Å². The molecule has 0 unspecified atom stereocenters. The number of fused-ring (bicyclic) bond motifs is 1. The molecule has 0 bridgehead atoms. The highest BCUT2D eigenvalue weighted by Gasteiger charge is 2.20. The molecule has 3 aromatic rings. The molecule has 1 N–H and O–H groups in total. The maximum atomic E-state index is 11.9. The predicted octanol–water partition coefficient (Wildman–Crippen LogP) is 5.43. The molecular weight excluding hydrogens is 384 g/mol. The smallest absolute Gasteiger partial charge is 0.338 e. The Morgan fingerprint density at radius 1 is 1.17 bits per heavy atom. The highest BCUT2D eigenvalue weighted by molar-refractivity contribution is 6.31. The normalized spacial score (nSPS) is 16.3. The Labute approximate surface area is 175 Å². The van der Waals surface area contributed by atoms with Gasteiger partial charge in [0.25, 0.3) is 0 Å². The molecule has 0 saturated carbocycles. The molecule has 4 nitrogen and oxygen atoms in total. The topological polar surface area (TPSA) is 45.5 Å². The number of piperidine rings is 1. The van der Waals surface area contributed by atoms with Gasteiger partial charge in [0.05, 0.1) is 5.69 Å². The third-order valence-corrected chi connectivity index (χ3v) is 5.57. The van der Waals surface area contributed by atoms with Crippen LogP contribution in [0.4, 0.5) is 5.69 Å². The Kier molecular flexibility index (Phi) is 6.02. The van der Waals surface area contributed by atoms with Crippen LogP contribution >= 0.6 is 11.6 Å². The van der Waals surface area contributed by atoms with E-state index in [0.29, 0.717) is 16.6 Å². The minimum Gasteiger partial charge on any atom is -0.423 e. The maximum absolute atomic E-state index is 11.9. The molecule has 1 fully saturated rings.